The molecule has 3 rings (SSSR count). The second kappa shape index (κ2) is 8.27. The Morgan fingerprint density at radius 1 is 0.769 bits per heavy atom. The van der Waals surface area contributed by atoms with Crippen LogP contribution in [0.1, 0.15) is 32.3 Å². The van der Waals surface area contributed by atoms with E-state index in [-0.39, 0.29) is 0 Å². The van der Waals surface area contributed by atoms with E-state index >= 15 is 0 Å². The van der Waals surface area contributed by atoms with E-state index in [9.17, 15) is 8.78 Å². The zero-order chi connectivity index (χ0) is 18.5. The Bertz CT molecular complexity index is 848. The number of hydrogen-bond donors (Lipinski definition) is 0. The average Bonchev–Trinajstić information content (AvgIpc) is 2.62. The summed E-state index contributed by atoms with van der Waals surface area (Å²) in [6, 6.07) is 19.9. The first-order valence-electron chi connectivity index (χ1n) is 9.21. The molecule has 3 aromatic carbocycles. The van der Waals surface area contributed by atoms with Crippen LogP contribution in [0.2, 0.25) is 0 Å². The molecule has 0 heterocycles. The largest absolute Gasteiger partial charge is 0.207 e. The molecule has 0 nitrogen and oxygen atoms in total. The molecule has 0 aliphatic rings. The van der Waals surface area contributed by atoms with E-state index in [4.69, 9.17) is 0 Å². The summed E-state index contributed by atoms with van der Waals surface area (Å²) in [5, 5.41) is 0. The fourth-order valence-electron chi connectivity index (χ4n) is 3.53. The molecule has 3 aromatic rings. The van der Waals surface area contributed by atoms with Gasteiger partial charge in [-0.25, -0.2) is 8.78 Å². The molecule has 0 unspecified atom stereocenters. The minimum Gasteiger partial charge on any atom is -0.207 e. The van der Waals surface area contributed by atoms with Gasteiger partial charge in [-0.1, -0.05) is 75.2 Å². The molecule has 0 spiro atoms. The first kappa shape index (κ1) is 18.3. The van der Waals surface area contributed by atoms with Crippen molar-refractivity contribution in [3.63, 3.8) is 0 Å². The van der Waals surface area contributed by atoms with Gasteiger partial charge in [-0.15, -0.1) is 0 Å². The second-order valence-corrected chi connectivity index (χ2v) is 7.00. The van der Waals surface area contributed by atoms with Gasteiger partial charge in [0, 0.05) is 6.07 Å². The molecule has 26 heavy (non-hydrogen) atoms. The third-order valence-corrected chi connectivity index (χ3v) is 4.71. The van der Waals surface area contributed by atoms with Gasteiger partial charge in [0.1, 0.15) is 11.6 Å². The molecule has 0 aliphatic heterocycles. The standard InChI is InChI=1S/C24H24F2/c1-3-7-17(2)12-18-10-11-23(20-14-21(25)16-22(26)15-20)24(13-18)19-8-5-4-6-9-19/h4-6,8-11,13-17H,3,7,12H2,1-2H3/t17-/m1/s1. The SMILES string of the molecule is CCC[C@@H](C)Cc1ccc(-c2cc(F)cc(F)c2)c(-c2ccccc2)c1. The minimum absolute atomic E-state index is 0.556. The predicted octanol–water partition coefficient (Wildman–Crippen LogP) is 7.28. The molecular formula is C24H24F2. The van der Waals surface area contributed by atoms with Crippen LogP contribution in [0.25, 0.3) is 22.3 Å². The van der Waals surface area contributed by atoms with Gasteiger partial charge >= 0.3 is 0 Å². The molecule has 0 aromatic heterocycles. The van der Waals surface area contributed by atoms with Crippen LogP contribution in [0.3, 0.4) is 0 Å². The average molecular weight is 350 g/mol. The number of rotatable bonds is 6. The maximum Gasteiger partial charge on any atom is 0.126 e. The van der Waals surface area contributed by atoms with Crippen molar-refractivity contribution in [2.45, 2.75) is 33.1 Å². The quantitative estimate of drug-likeness (QED) is 0.438. The van der Waals surface area contributed by atoms with E-state index in [1.807, 2.05) is 36.4 Å². The lowest BCUT2D eigenvalue weighted by molar-refractivity contribution is 0.522. The Morgan fingerprint density at radius 3 is 2.12 bits per heavy atom. The van der Waals surface area contributed by atoms with Crippen LogP contribution < -0.4 is 0 Å². The lowest BCUT2D eigenvalue weighted by Gasteiger charge is -2.15. The highest BCUT2D eigenvalue weighted by Crippen LogP contribution is 2.34. The first-order chi connectivity index (χ1) is 12.6. The van der Waals surface area contributed by atoms with Crippen molar-refractivity contribution < 1.29 is 8.78 Å². The van der Waals surface area contributed by atoms with Gasteiger partial charge in [0.2, 0.25) is 0 Å². The second-order valence-electron chi connectivity index (χ2n) is 7.00. The molecular weight excluding hydrogens is 326 g/mol. The minimum atomic E-state index is -0.556. The molecule has 0 bridgehead atoms. The van der Waals surface area contributed by atoms with Crippen LogP contribution in [-0.4, -0.2) is 0 Å². The molecule has 134 valence electrons. The highest BCUT2D eigenvalue weighted by atomic mass is 19.1. The summed E-state index contributed by atoms with van der Waals surface area (Å²) >= 11 is 0. The van der Waals surface area contributed by atoms with Gasteiger partial charge in [-0.2, -0.15) is 0 Å². The van der Waals surface area contributed by atoms with Crippen LogP contribution >= 0.6 is 0 Å². The third-order valence-electron chi connectivity index (χ3n) is 4.71. The predicted molar refractivity (Wildman–Crippen MR) is 105 cm³/mol. The van der Waals surface area contributed by atoms with E-state index in [1.54, 1.807) is 0 Å². The summed E-state index contributed by atoms with van der Waals surface area (Å²) in [5.41, 5.74) is 4.73. The molecule has 0 aliphatic carbocycles. The molecule has 0 amide bonds. The van der Waals surface area contributed by atoms with Gasteiger partial charge in [0.05, 0.1) is 0 Å². The Hall–Kier alpha value is -2.48. The molecule has 1 atom stereocenters. The lowest BCUT2D eigenvalue weighted by atomic mass is 9.89. The topological polar surface area (TPSA) is 0 Å². The number of halogens is 2. The zero-order valence-corrected chi connectivity index (χ0v) is 15.3. The smallest absolute Gasteiger partial charge is 0.126 e. The molecule has 0 saturated heterocycles. The van der Waals surface area contributed by atoms with Crippen LogP contribution in [0.5, 0.6) is 0 Å². The zero-order valence-electron chi connectivity index (χ0n) is 15.3. The Balaban J connectivity index is 2.09. The summed E-state index contributed by atoms with van der Waals surface area (Å²) in [5.74, 6) is -0.500. The van der Waals surface area contributed by atoms with E-state index in [0.717, 1.165) is 29.2 Å². The van der Waals surface area contributed by atoms with Gasteiger partial charge in [-0.3, -0.25) is 0 Å². The number of benzene rings is 3. The Morgan fingerprint density at radius 2 is 1.46 bits per heavy atom. The van der Waals surface area contributed by atoms with Crippen LogP contribution in [-0.2, 0) is 6.42 Å². The highest BCUT2D eigenvalue weighted by molar-refractivity contribution is 5.84. The van der Waals surface area contributed by atoms with Crippen molar-refractivity contribution in [1.82, 2.24) is 0 Å². The van der Waals surface area contributed by atoms with Crippen LogP contribution in [0.15, 0.2) is 66.7 Å². The van der Waals surface area contributed by atoms with E-state index in [2.05, 4.69) is 26.0 Å². The number of hydrogen-bond acceptors (Lipinski definition) is 0. The maximum absolute atomic E-state index is 13.7. The summed E-state index contributed by atoms with van der Waals surface area (Å²) in [7, 11) is 0. The van der Waals surface area contributed by atoms with Gasteiger partial charge in [-0.05, 0) is 52.3 Å². The summed E-state index contributed by atoms with van der Waals surface area (Å²) in [6.07, 6.45) is 3.37. The fraction of sp³-hybridized carbons (Fsp3) is 0.250. The van der Waals surface area contributed by atoms with Crippen molar-refractivity contribution in [1.29, 1.82) is 0 Å². The fourth-order valence-corrected chi connectivity index (χ4v) is 3.53. The van der Waals surface area contributed by atoms with Crippen molar-refractivity contribution in [3.05, 3.63) is 83.9 Å². The van der Waals surface area contributed by atoms with Crippen LogP contribution in [0.4, 0.5) is 8.78 Å². The first-order valence-corrected chi connectivity index (χ1v) is 9.21. The molecule has 0 saturated carbocycles. The van der Waals surface area contributed by atoms with E-state index in [1.165, 1.54) is 30.5 Å². The summed E-state index contributed by atoms with van der Waals surface area (Å²) < 4.78 is 27.5. The van der Waals surface area contributed by atoms with E-state index < -0.39 is 11.6 Å². The molecule has 0 N–H and O–H groups in total. The van der Waals surface area contributed by atoms with Crippen molar-refractivity contribution >= 4 is 0 Å². The van der Waals surface area contributed by atoms with Gasteiger partial charge < -0.3 is 0 Å². The highest BCUT2D eigenvalue weighted by Gasteiger charge is 2.12. The van der Waals surface area contributed by atoms with Crippen molar-refractivity contribution in [3.8, 4) is 22.3 Å². The maximum atomic E-state index is 13.7. The lowest BCUT2D eigenvalue weighted by Crippen LogP contribution is -2.00. The Kier molecular flexibility index (Phi) is 5.82. The van der Waals surface area contributed by atoms with Crippen molar-refractivity contribution in [2.24, 2.45) is 5.92 Å². The van der Waals surface area contributed by atoms with E-state index in [0.29, 0.717) is 11.5 Å². The molecule has 0 fully saturated rings. The van der Waals surface area contributed by atoms with Gasteiger partial charge in [0.15, 0.2) is 0 Å². The van der Waals surface area contributed by atoms with Gasteiger partial charge in [0.25, 0.3) is 0 Å². The normalized spacial score (nSPS) is 12.2. The molecule has 2 heteroatoms. The molecule has 0 radical (unpaired) electrons. The third kappa shape index (κ3) is 4.37. The monoisotopic (exact) mass is 350 g/mol. The summed E-state index contributed by atoms with van der Waals surface area (Å²) in [6.45, 7) is 4.47. The van der Waals surface area contributed by atoms with Crippen LogP contribution in [0, 0.1) is 17.6 Å². The summed E-state index contributed by atoms with van der Waals surface area (Å²) in [4.78, 5) is 0. The van der Waals surface area contributed by atoms with Crippen molar-refractivity contribution in [2.75, 3.05) is 0 Å². The Labute approximate surface area is 154 Å².